The first kappa shape index (κ1) is 15.0. The minimum absolute atomic E-state index is 0.111. The number of hydrogen-bond donors (Lipinski definition) is 2. The highest BCUT2D eigenvalue weighted by Crippen LogP contribution is 2.43. The lowest BCUT2D eigenvalue weighted by Crippen LogP contribution is -2.50. The second-order valence-corrected chi connectivity index (χ2v) is 7.56. The summed E-state index contributed by atoms with van der Waals surface area (Å²) in [6.45, 7) is 3.25. The Morgan fingerprint density at radius 2 is 1.95 bits per heavy atom. The zero-order valence-corrected chi connectivity index (χ0v) is 12.2. The summed E-state index contributed by atoms with van der Waals surface area (Å²) < 4.78 is 24.1. The molecular weight excluding hydrogens is 280 g/mol. The van der Waals surface area contributed by atoms with Crippen molar-refractivity contribution < 1.29 is 23.4 Å². The number of hydrogen-bond acceptors (Lipinski definition) is 4. The van der Waals surface area contributed by atoms with Crippen LogP contribution in [0.4, 0.5) is 0 Å². The molecule has 1 aliphatic rings. The molecule has 0 aliphatic carbocycles. The van der Waals surface area contributed by atoms with Crippen molar-refractivity contribution in [1.82, 2.24) is 0 Å². The monoisotopic (exact) mass is 298 g/mol. The van der Waals surface area contributed by atoms with Crippen LogP contribution in [0.3, 0.4) is 0 Å². The summed E-state index contributed by atoms with van der Waals surface area (Å²) in [7, 11) is -3.39. The highest BCUT2D eigenvalue weighted by Gasteiger charge is 2.50. The topological polar surface area (TPSA) is 91.7 Å². The van der Waals surface area contributed by atoms with E-state index in [0.717, 1.165) is 0 Å². The van der Waals surface area contributed by atoms with Crippen molar-refractivity contribution >= 4 is 15.8 Å². The Bertz CT molecular complexity index is 635. The maximum Gasteiger partial charge on any atom is 0.336 e. The van der Waals surface area contributed by atoms with Gasteiger partial charge in [0.05, 0.1) is 10.6 Å². The summed E-state index contributed by atoms with van der Waals surface area (Å²) in [6, 6.07) is 6.33. The molecule has 20 heavy (non-hydrogen) atoms. The van der Waals surface area contributed by atoms with Crippen LogP contribution < -0.4 is 0 Å². The molecule has 1 aliphatic heterocycles. The molecule has 0 radical (unpaired) electrons. The highest BCUT2D eigenvalue weighted by atomic mass is 32.2. The largest absolute Gasteiger partial charge is 0.479 e. The zero-order chi connectivity index (χ0) is 15.1. The molecular formula is C14H18O5S. The summed E-state index contributed by atoms with van der Waals surface area (Å²) in [5, 5.41) is 20.0. The van der Waals surface area contributed by atoms with Gasteiger partial charge in [-0.2, -0.15) is 0 Å². The van der Waals surface area contributed by atoms with Crippen LogP contribution in [-0.2, 0) is 14.6 Å². The number of fused-ring (bicyclic) bond motifs is 1. The lowest BCUT2D eigenvalue weighted by Gasteiger charge is -2.38. The summed E-state index contributed by atoms with van der Waals surface area (Å²) in [5.41, 5.74) is -1.57. The van der Waals surface area contributed by atoms with Gasteiger partial charge in [-0.3, -0.25) is 0 Å². The first-order chi connectivity index (χ1) is 9.21. The Balaban J connectivity index is 2.64. The molecule has 5 nitrogen and oxygen atoms in total. The molecule has 2 rings (SSSR count). The van der Waals surface area contributed by atoms with E-state index in [-0.39, 0.29) is 17.1 Å². The number of carbonyl (C=O) groups is 1. The van der Waals surface area contributed by atoms with Crippen LogP contribution in [0.2, 0.25) is 0 Å². The predicted molar refractivity (Wildman–Crippen MR) is 73.3 cm³/mol. The normalized spacial score (nSPS) is 23.9. The number of carboxylic acids is 1. The third-order valence-electron chi connectivity index (χ3n) is 4.06. The fourth-order valence-electron chi connectivity index (χ4n) is 2.85. The third-order valence-corrected chi connectivity index (χ3v) is 5.87. The van der Waals surface area contributed by atoms with E-state index in [2.05, 4.69) is 0 Å². The number of benzene rings is 1. The lowest BCUT2D eigenvalue weighted by atomic mass is 9.73. The Morgan fingerprint density at radius 3 is 2.50 bits per heavy atom. The first-order valence-corrected chi connectivity index (χ1v) is 8.14. The summed E-state index contributed by atoms with van der Waals surface area (Å²) in [5.74, 6) is -2.71. The van der Waals surface area contributed by atoms with Crippen LogP contribution in [0.1, 0.15) is 31.7 Å². The average molecular weight is 298 g/mol. The van der Waals surface area contributed by atoms with Crippen LogP contribution in [0, 0.1) is 5.92 Å². The zero-order valence-electron chi connectivity index (χ0n) is 11.4. The van der Waals surface area contributed by atoms with Gasteiger partial charge in [0.1, 0.15) is 0 Å². The molecule has 0 saturated heterocycles. The van der Waals surface area contributed by atoms with Crippen LogP contribution in [0.15, 0.2) is 29.2 Å². The van der Waals surface area contributed by atoms with Gasteiger partial charge in [0.15, 0.2) is 15.4 Å². The summed E-state index contributed by atoms with van der Waals surface area (Å²) in [6.07, 6.45) is 0.111. The minimum atomic E-state index is -3.39. The fraction of sp³-hybridized carbons (Fsp3) is 0.500. The predicted octanol–water partition coefficient (Wildman–Crippen LogP) is 1.42. The van der Waals surface area contributed by atoms with E-state index in [0.29, 0.717) is 5.56 Å². The standard InChI is InChI=1S/C14H18O5S/c1-9(2)14(17,13(15)16)11-7-8-20(18,19)12-6-4-3-5-10(11)12/h3-6,9,11,17H,7-8H2,1-2H3,(H,15,16). The minimum Gasteiger partial charge on any atom is -0.479 e. The van der Waals surface area contributed by atoms with Crippen molar-refractivity contribution in [2.45, 2.75) is 36.7 Å². The fourth-order valence-corrected chi connectivity index (χ4v) is 4.47. The number of aliphatic carboxylic acids is 1. The molecule has 6 heteroatoms. The van der Waals surface area contributed by atoms with Crippen LogP contribution in [0.5, 0.6) is 0 Å². The van der Waals surface area contributed by atoms with Gasteiger partial charge < -0.3 is 10.2 Å². The molecule has 1 aromatic rings. The van der Waals surface area contributed by atoms with Crippen LogP contribution in [0.25, 0.3) is 0 Å². The van der Waals surface area contributed by atoms with E-state index in [1.165, 1.54) is 6.07 Å². The summed E-state index contributed by atoms with van der Waals surface area (Å²) >= 11 is 0. The molecule has 2 N–H and O–H groups in total. The Hall–Kier alpha value is -1.40. The highest BCUT2D eigenvalue weighted by molar-refractivity contribution is 7.91. The van der Waals surface area contributed by atoms with Gasteiger partial charge in [0, 0.05) is 5.92 Å². The van der Waals surface area contributed by atoms with Crippen LogP contribution >= 0.6 is 0 Å². The molecule has 1 aromatic carbocycles. The molecule has 2 atom stereocenters. The smallest absolute Gasteiger partial charge is 0.336 e. The molecule has 0 fully saturated rings. The second-order valence-electron chi connectivity index (χ2n) is 5.48. The van der Waals surface area contributed by atoms with E-state index in [1.807, 2.05) is 0 Å². The molecule has 0 saturated carbocycles. The quantitative estimate of drug-likeness (QED) is 0.880. The SMILES string of the molecule is CC(C)C(O)(C(=O)O)C1CCS(=O)(=O)c2ccccc21. The maximum absolute atomic E-state index is 12.1. The van der Waals surface area contributed by atoms with Crippen molar-refractivity contribution in [2.24, 2.45) is 5.92 Å². The van der Waals surface area contributed by atoms with E-state index >= 15 is 0 Å². The lowest BCUT2D eigenvalue weighted by molar-refractivity contribution is -0.167. The van der Waals surface area contributed by atoms with Crippen molar-refractivity contribution in [3.8, 4) is 0 Å². The maximum atomic E-state index is 12.1. The first-order valence-electron chi connectivity index (χ1n) is 6.48. The van der Waals surface area contributed by atoms with Gasteiger partial charge in [-0.25, -0.2) is 13.2 Å². The van der Waals surface area contributed by atoms with Gasteiger partial charge in [-0.1, -0.05) is 32.0 Å². The van der Waals surface area contributed by atoms with Gasteiger partial charge in [-0.15, -0.1) is 0 Å². The Labute approximate surface area is 118 Å². The molecule has 0 bridgehead atoms. The molecule has 0 amide bonds. The van der Waals surface area contributed by atoms with Crippen LogP contribution in [-0.4, -0.2) is 36.0 Å². The molecule has 1 heterocycles. The second kappa shape index (κ2) is 4.86. The molecule has 2 unspecified atom stereocenters. The van der Waals surface area contributed by atoms with Gasteiger partial charge in [0.2, 0.25) is 0 Å². The van der Waals surface area contributed by atoms with E-state index < -0.39 is 33.2 Å². The van der Waals surface area contributed by atoms with E-state index in [1.54, 1.807) is 32.0 Å². The molecule has 0 spiro atoms. The summed E-state index contributed by atoms with van der Waals surface area (Å²) in [4.78, 5) is 11.7. The number of sulfone groups is 1. The third kappa shape index (κ3) is 2.13. The molecule has 110 valence electrons. The van der Waals surface area contributed by atoms with Crippen molar-refractivity contribution in [3.63, 3.8) is 0 Å². The Morgan fingerprint density at radius 1 is 1.35 bits per heavy atom. The number of rotatable bonds is 3. The van der Waals surface area contributed by atoms with Crippen molar-refractivity contribution in [3.05, 3.63) is 29.8 Å². The average Bonchev–Trinajstić information content (AvgIpc) is 2.37. The van der Waals surface area contributed by atoms with E-state index in [4.69, 9.17) is 0 Å². The number of aliphatic hydroxyl groups is 1. The van der Waals surface area contributed by atoms with Crippen molar-refractivity contribution in [2.75, 3.05) is 5.75 Å². The molecule has 0 aromatic heterocycles. The van der Waals surface area contributed by atoms with E-state index in [9.17, 15) is 23.4 Å². The van der Waals surface area contributed by atoms with Gasteiger partial charge >= 0.3 is 5.97 Å². The van der Waals surface area contributed by atoms with Gasteiger partial charge in [0.25, 0.3) is 0 Å². The van der Waals surface area contributed by atoms with Crippen molar-refractivity contribution in [1.29, 1.82) is 0 Å². The van der Waals surface area contributed by atoms with Gasteiger partial charge in [-0.05, 0) is 24.0 Å². The number of carboxylic acid groups (broad SMARTS) is 1. The Kier molecular flexibility index (Phi) is 3.64.